The zero-order valence-corrected chi connectivity index (χ0v) is 26.0. The highest BCUT2D eigenvalue weighted by molar-refractivity contribution is 6.33. The largest absolute Gasteiger partial charge is 0.504 e. The number of hydrogen-bond donors (Lipinski definition) is 3. The number of furan rings is 1. The number of primary amides is 1. The van der Waals surface area contributed by atoms with E-state index in [1.807, 2.05) is 12.1 Å². The van der Waals surface area contributed by atoms with Crippen LogP contribution in [0.2, 0.25) is 5.02 Å². The SMILES string of the molecule is C[C@H]1CN(Cc2ccco2)CCN1c1cc(NC(=O)Cn2cc(-c3cc(C(N)=O)c(O)c(F)c3F)c3c(=O)n(C)cnc32)c(Cl)cn1. The lowest BCUT2D eigenvalue weighted by molar-refractivity contribution is -0.116. The molecule has 1 atom stereocenters. The van der Waals surface area contributed by atoms with Crippen molar-refractivity contribution in [2.75, 3.05) is 29.9 Å². The van der Waals surface area contributed by atoms with E-state index in [1.165, 1.54) is 30.3 Å². The van der Waals surface area contributed by atoms with Crippen molar-refractivity contribution in [3.63, 3.8) is 0 Å². The Kier molecular flexibility index (Phi) is 8.42. The maximum absolute atomic E-state index is 15.1. The lowest BCUT2D eigenvalue weighted by atomic mass is 10.0. The highest BCUT2D eigenvalue weighted by Crippen LogP contribution is 2.36. The summed E-state index contributed by atoms with van der Waals surface area (Å²) in [7, 11) is 1.41. The number of anilines is 2. The second-order valence-corrected chi connectivity index (χ2v) is 11.7. The van der Waals surface area contributed by atoms with Gasteiger partial charge in [0.1, 0.15) is 23.8 Å². The Hall–Kier alpha value is -5.28. The molecule has 0 bridgehead atoms. The van der Waals surface area contributed by atoms with E-state index in [0.717, 1.165) is 29.5 Å². The molecule has 1 fully saturated rings. The van der Waals surface area contributed by atoms with Crippen LogP contribution < -0.4 is 21.5 Å². The lowest BCUT2D eigenvalue weighted by Gasteiger charge is -2.40. The molecule has 1 saturated heterocycles. The molecule has 0 spiro atoms. The smallest absolute Gasteiger partial charge is 0.263 e. The van der Waals surface area contributed by atoms with Crippen LogP contribution >= 0.6 is 11.6 Å². The molecule has 0 radical (unpaired) electrons. The van der Waals surface area contributed by atoms with Crippen molar-refractivity contribution in [2.24, 2.45) is 12.8 Å². The van der Waals surface area contributed by atoms with E-state index in [2.05, 4.69) is 32.0 Å². The Balaban J connectivity index is 1.27. The Morgan fingerprint density at radius 2 is 1.98 bits per heavy atom. The number of amides is 2. The average Bonchev–Trinajstić information content (AvgIpc) is 3.67. The van der Waals surface area contributed by atoms with Crippen LogP contribution in [0.4, 0.5) is 20.3 Å². The number of benzene rings is 1. The van der Waals surface area contributed by atoms with E-state index in [0.29, 0.717) is 24.6 Å². The van der Waals surface area contributed by atoms with Gasteiger partial charge in [0.25, 0.3) is 11.5 Å². The van der Waals surface area contributed by atoms with Crippen LogP contribution in [0.15, 0.2) is 58.5 Å². The quantitative estimate of drug-likeness (QED) is 0.225. The number of piperazine rings is 1. The van der Waals surface area contributed by atoms with Crippen LogP contribution in [0, 0.1) is 11.6 Å². The second kappa shape index (κ2) is 12.5. The number of carbonyl (C=O) groups excluding carboxylic acids is 2. The molecule has 6 rings (SSSR count). The minimum absolute atomic E-state index is 0.00508. The number of pyridine rings is 1. The summed E-state index contributed by atoms with van der Waals surface area (Å²) < 4.78 is 37.7. The molecule has 5 aromatic rings. The highest BCUT2D eigenvalue weighted by atomic mass is 35.5. The third kappa shape index (κ3) is 6.02. The Morgan fingerprint density at radius 3 is 2.68 bits per heavy atom. The van der Waals surface area contributed by atoms with Gasteiger partial charge in [-0.3, -0.25) is 19.3 Å². The molecule has 4 N–H and O–H groups in total. The van der Waals surface area contributed by atoms with Crippen LogP contribution in [0.3, 0.4) is 0 Å². The van der Waals surface area contributed by atoms with Crippen LogP contribution in [0.25, 0.3) is 22.2 Å². The highest BCUT2D eigenvalue weighted by Gasteiger charge is 2.28. The van der Waals surface area contributed by atoms with E-state index >= 15 is 4.39 Å². The number of aromatic hydroxyl groups is 1. The predicted octanol–water partition coefficient (Wildman–Crippen LogP) is 3.48. The first-order valence-corrected chi connectivity index (χ1v) is 14.8. The molecule has 5 heterocycles. The van der Waals surface area contributed by atoms with Gasteiger partial charge < -0.3 is 34.6 Å². The van der Waals surface area contributed by atoms with Gasteiger partial charge in [0.05, 0.1) is 47.0 Å². The fourth-order valence-corrected chi connectivity index (χ4v) is 5.91. The summed E-state index contributed by atoms with van der Waals surface area (Å²) in [6, 6.07) is 6.40. The third-order valence-corrected chi connectivity index (χ3v) is 8.37. The number of nitrogens with zero attached hydrogens (tertiary/aromatic N) is 6. The summed E-state index contributed by atoms with van der Waals surface area (Å²) in [4.78, 5) is 51.5. The molecular formula is C31H29ClF2N8O5. The summed E-state index contributed by atoms with van der Waals surface area (Å²) in [6.45, 7) is 4.56. The minimum Gasteiger partial charge on any atom is -0.504 e. The number of rotatable bonds is 8. The fourth-order valence-electron chi connectivity index (χ4n) is 5.76. The van der Waals surface area contributed by atoms with Gasteiger partial charge in [-0.2, -0.15) is 4.39 Å². The fraction of sp³-hybridized carbons (Fsp3) is 0.258. The summed E-state index contributed by atoms with van der Waals surface area (Å²) in [6.07, 6.45) is 5.55. The van der Waals surface area contributed by atoms with Crippen molar-refractivity contribution in [1.82, 2.24) is 24.0 Å². The van der Waals surface area contributed by atoms with Gasteiger partial charge in [-0.15, -0.1) is 0 Å². The first-order valence-electron chi connectivity index (χ1n) is 14.4. The number of aryl methyl sites for hydroxylation is 1. The van der Waals surface area contributed by atoms with E-state index in [1.54, 1.807) is 12.3 Å². The molecule has 1 aliphatic rings. The maximum Gasteiger partial charge on any atom is 0.263 e. The molecule has 0 unspecified atom stereocenters. The summed E-state index contributed by atoms with van der Waals surface area (Å²) in [5.41, 5.74) is 3.54. The van der Waals surface area contributed by atoms with Crippen molar-refractivity contribution in [2.45, 2.75) is 26.1 Å². The topological polar surface area (TPSA) is 165 Å². The Morgan fingerprint density at radius 1 is 1.19 bits per heavy atom. The van der Waals surface area contributed by atoms with Crippen molar-refractivity contribution < 1.29 is 27.9 Å². The molecule has 1 aromatic carbocycles. The number of nitrogens with two attached hydrogens (primary N) is 1. The number of phenols is 1. The van der Waals surface area contributed by atoms with Crippen LogP contribution in [-0.4, -0.2) is 66.6 Å². The molecule has 13 nitrogen and oxygen atoms in total. The molecular weight excluding hydrogens is 638 g/mol. The normalized spacial score (nSPS) is 15.3. The molecule has 4 aromatic heterocycles. The van der Waals surface area contributed by atoms with Gasteiger partial charge in [-0.05, 0) is 25.1 Å². The zero-order chi connectivity index (χ0) is 33.6. The Bertz CT molecular complexity index is 2080. The third-order valence-electron chi connectivity index (χ3n) is 8.07. The summed E-state index contributed by atoms with van der Waals surface area (Å²) in [5, 5.41) is 12.7. The van der Waals surface area contributed by atoms with Gasteiger partial charge in [-0.25, -0.2) is 14.4 Å². The summed E-state index contributed by atoms with van der Waals surface area (Å²) in [5.74, 6) is -4.78. The van der Waals surface area contributed by atoms with E-state index < -0.39 is 52.4 Å². The molecule has 0 aliphatic carbocycles. The molecule has 16 heteroatoms. The number of fused-ring (bicyclic) bond motifs is 1. The van der Waals surface area contributed by atoms with Gasteiger partial charge in [0.2, 0.25) is 11.7 Å². The molecule has 244 valence electrons. The number of carbonyl (C=O) groups is 2. The minimum atomic E-state index is -1.72. The van der Waals surface area contributed by atoms with Crippen LogP contribution in [0.5, 0.6) is 5.75 Å². The monoisotopic (exact) mass is 666 g/mol. The predicted molar refractivity (Wildman–Crippen MR) is 169 cm³/mol. The van der Waals surface area contributed by atoms with Crippen molar-refractivity contribution in [3.05, 3.63) is 87.6 Å². The molecule has 47 heavy (non-hydrogen) atoms. The molecule has 0 saturated carbocycles. The van der Waals surface area contributed by atoms with Gasteiger partial charge in [0.15, 0.2) is 11.6 Å². The lowest BCUT2D eigenvalue weighted by Crippen LogP contribution is -2.51. The van der Waals surface area contributed by atoms with Crippen molar-refractivity contribution in [1.29, 1.82) is 0 Å². The molecule has 1 aliphatic heterocycles. The number of hydrogen-bond acceptors (Lipinski definition) is 9. The number of halogens is 3. The number of aromatic nitrogens is 4. The van der Waals surface area contributed by atoms with Gasteiger partial charge in [0, 0.05) is 56.1 Å². The van der Waals surface area contributed by atoms with E-state index in [4.69, 9.17) is 21.8 Å². The second-order valence-electron chi connectivity index (χ2n) is 11.3. The van der Waals surface area contributed by atoms with E-state index in [9.17, 15) is 23.9 Å². The average molecular weight is 667 g/mol. The standard InChI is InChI=1S/C31H29ClF2N8O5/c1-16-11-40(12-17-4-3-7-47-17)5-6-42(16)23-9-22(21(32)10-36-23)38-24(43)14-41-13-20(25-30(41)37-15-39(2)31(25)46)18-8-19(29(35)45)28(44)27(34)26(18)33/h3-4,7-10,13,15-16,44H,5-6,11-12,14H2,1-2H3,(H2,35,45)(H,36,38,43)/t16-/m0/s1. The van der Waals surface area contributed by atoms with Gasteiger partial charge >= 0.3 is 0 Å². The van der Waals surface area contributed by atoms with Crippen LogP contribution in [-0.2, 0) is 24.9 Å². The summed E-state index contributed by atoms with van der Waals surface area (Å²) >= 11 is 6.41. The Labute approximate surface area is 270 Å². The maximum atomic E-state index is 15.1. The van der Waals surface area contributed by atoms with E-state index in [-0.39, 0.29) is 27.7 Å². The van der Waals surface area contributed by atoms with Crippen LogP contribution in [0.1, 0.15) is 23.0 Å². The first kappa shape index (κ1) is 31.7. The van der Waals surface area contributed by atoms with Crippen molar-refractivity contribution >= 4 is 46.0 Å². The first-order chi connectivity index (χ1) is 22.4. The zero-order valence-electron chi connectivity index (χ0n) is 25.2. The number of nitrogens with one attached hydrogen (secondary N) is 1. The molecule has 2 amide bonds. The van der Waals surface area contributed by atoms with Gasteiger partial charge in [-0.1, -0.05) is 11.6 Å². The van der Waals surface area contributed by atoms with Crippen molar-refractivity contribution in [3.8, 4) is 16.9 Å².